The number of fused-ring (bicyclic) bond motifs is 1. The predicted molar refractivity (Wildman–Crippen MR) is 125 cm³/mol. The fourth-order valence-corrected chi connectivity index (χ4v) is 4.23. The van der Waals surface area contributed by atoms with Crippen LogP contribution in [0.1, 0.15) is 0 Å². The van der Waals surface area contributed by atoms with E-state index < -0.39 is 0 Å². The Kier molecular flexibility index (Phi) is 6.37. The van der Waals surface area contributed by atoms with E-state index in [0.29, 0.717) is 17.9 Å². The first-order valence-electron chi connectivity index (χ1n) is 9.26. The van der Waals surface area contributed by atoms with E-state index in [4.69, 9.17) is 9.72 Å². The van der Waals surface area contributed by atoms with Gasteiger partial charge in [-0.1, -0.05) is 0 Å². The normalized spacial score (nSPS) is 11.1. The molecule has 3 aromatic heterocycles. The van der Waals surface area contributed by atoms with Crippen molar-refractivity contribution in [3.8, 4) is 22.5 Å². The minimum atomic E-state index is 0.628. The van der Waals surface area contributed by atoms with Crippen molar-refractivity contribution >= 4 is 54.1 Å². The standard InChI is InChI=1S/C21H20AsBrN6O/c1-29(6-7-30-2)18-11-24-17(10-25-18)16-9-15(13-4-3-5-14(23)8-13)19-20(22)26-12-27-21(19)28-16/h3-5,8-12H,6-7,22H2,1-2H3. The molecule has 0 aliphatic rings. The Morgan fingerprint density at radius 2 is 1.93 bits per heavy atom. The quantitative estimate of drug-likeness (QED) is 0.356. The third-order valence-electron chi connectivity index (χ3n) is 4.69. The fourth-order valence-electron chi connectivity index (χ4n) is 3.10. The second kappa shape index (κ2) is 9.16. The molecule has 4 aromatic rings. The maximum absolute atomic E-state index is 5.13. The van der Waals surface area contributed by atoms with Gasteiger partial charge in [0, 0.05) is 7.11 Å². The van der Waals surface area contributed by atoms with Gasteiger partial charge >= 0.3 is 180 Å². The zero-order valence-corrected chi connectivity index (χ0v) is 20.6. The molecule has 1 unspecified atom stereocenters. The van der Waals surface area contributed by atoms with E-state index in [1.54, 1.807) is 25.8 Å². The van der Waals surface area contributed by atoms with Gasteiger partial charge in [0.25, 0.3) is 0 Å². The van der Waals surface area contributed by atoms with Crippen LogP contribution in [0.15, 0.2) is 53.5 Å². The number of pyridine rings is 1. The first-order valence-corrected chi connectivity index (χ1v) is 11.3. The Labute approximate surface area is 191 Å². The summed E-state index contributed by atoms with van der Waals surface area (Å²) in [6.45, 7) is 1.37. The zero-order chi connectivity index (χ0) is 21.1. The Morgan fingerprint density at radius 1 is 1.07 bits per heavy atom. The summed E-state index contributed by atoms with van der Waals surface area (Å²) in [6, 6.07) is 10.2. The molecule has 0 saturated heterocycles. The molecular formula is C21H20AsBrN6O. The summed E-state index contributed by atoms with van der Waals surface area (Å²) in [7, 11) is 3.65. The van der Waals surface area contributed by atoms with Crippen LogP contribution < -0.4 is 9.38 Å². The summed E-state index contributed by atoms with van der Waals surface area (Å²) in [5.41, 5.74) is 4.16. The van der Waals surface area contributed by atoms with Crippen LogP contribution >= 0.6 is 15.9 Å². The van der Waals surface area contributed by atoms with Crippen LogP contribution in [0.5, 0.6) is 0 Å². The van der Waals surface area contributed by atoms with E-state index >= 15 is 0 Å². The van der Waals surface area contributed by atoms with E-state index in [2.05, 4.69) is 48.0 Å². The van der Waals surface area contributed by atoms with Crippen LogP contribution in [-0.2, 0) is 4.74 Å². The maximum atomic E-state index is 5.13. The zero-order valence-electron chi connectivity index (χ0n) is 16.6. The van der Waals surface area contributed by atoms with Crippen molar-refractivity contribution in [2.75, 3.05) is 32.2 Å². The average molecular weight is 527 g/mol. The van der Waals surface area contributed by atoms with Gasteiger partial charge in [-0.2, -0.15) is 0 Å². The van der Waals surface area contributed by atoms with Crippen molar-refractivity contribution in [3.05, 3.63) is 53.5 Å². The van der Waals surface area contributed by atoms with Crippen molar-refractivity contribution in [1.29, 1.82) is 0 Å². The molecule has 4 rings (SSSR count). The number of benzene rings is 1. The molecule has 1 atom stereocenters. The van der Waals surface area contributed by atoms with E-state index in [9.17, 15) is 0 Å². The van der Waals surface area contributed by atoms with Crippen LogP contribution in [0, 0.1) is 0 Å². The molecule has 9 heteroatoms. The molecule has 30 heavy (non-hydrogen) atoms. The number of ether oxygens (including phenoxy) is 1. The molecule has 0 N–H and O–H groups in total. The topological polar surface area (TPSA) is 76.9 Å². The average Bonchev–Trinajstić information content (AvgIpc) is 2.77. The predicted octanol–water partition coefficient (Wildman–Crippen LogP) is 2.25. The monoisotopic (exact) mass is 526 g/mol. The second-order valence-corrected chi connectivity index (χ2v) is 8.76. The molecular weight excluding hydrogens is 507 g/mol. The van der Waals surface area contributed by atoms with Crippen molar-refractivity contribution in [3.63, 3.8) is 0 Å². The molecule has 7 nitrogen and oxygen atoms in total. The second-order valence-electron chi connectivity index (χ2n) is 6.70. The molecule has 0 amide bonds. The van der Waals surface area contributed by atoms with Crippen LogP contribution in [0.25, 0.3) is 33.5 Å². The van der Waals surface area contributed by atoms with Gasteiger partial charge in [-0.05, 0) is 0 Å². The molecule has 1 aromatic carbocycles. The van der Waals surface area contributed by atoms with Gasteiger partial charge in [0.15, 0.2) is 0 Å². The van der Waals surface area contributed by atoms with Crippen LogP contribution in [-0.4, -0.2) is 69.1 Å². The number of methoxy groups -OCH3 is 1. The first kappa shape index (κ1) is 20.8. The van der Waals surface area contributed by atoms with E-state index in [-0.39, 0.29) is 0 Å². The SMILES string of the molecule is COCCN(C)c1cnc(-c2cc(-c3cccc(Br)c3)c3c([AsH2])ncnc3n2)cn1. The van der Waals surface area contributed by atoms with E-state index in [1.165, 1.54) is 16.9 Å². The van der Waals surface area contributed by atoms with Gasteiger partial charge in [-0.15, -0.1) is 0 Å². The van der Waals surface area contributed by atoms with Gasteiger partial charge in [0.2, 0.25) is 0 Å². The molecule has 0 fully saturated rings. The van der Waals surface area contributed by atoms with E-state index in [1.807, 2.05) is 30.1 Å². The summed E-state index contributed by atoms with van der Waals surface area (Å²) in [5, 5.41) is 0.961. The molecule has 0 bridgehead atoms. The van der Waals surface area contributed by atoms with Gasteiger partial charge in [-0.25, -0.2) is 0 Å². The number of hydrogen-bond acceptors (Lipinski definition) is 7. The van der Waals surface area contributed by atoms with Crippen molar-refractivity contribution in [1.82, 2.24) is 24.9 Å². The Hall–Kier alpha value is -2.41. The van der Waals surface area contributed by atoms with Gasteiger partial charge < -0.3 is 4.74 Å². The van der Waals surface area contributed by atoms with Crippen molar-refractivity contribution in [2.45, 2.75) is 0 Å². The van der Waals surface area contributed by atoms with Gasteiger partial charge in [-0.3, -0.25) is 0 Å². The minimum absolute atomic E-state index is 0.628. The number of rotatable bonds is 6. The molecule has 152 valence electrons. The van der Waals surface area contributed by atoms with Gasteiger partial charge in [0.05, 0.1) is 0 Å². The van der Waals surface area contributed by atoms with Crippen LogP contribution in [0.2, 0.25) is 0 Å². The van der Waals surface area contributed by atoms with Crippen LogP contribution in [0.3, 0.4) is 0 Å². The Morgan fingerprint density at radius 3 is 2.67 bits per heavy atom. The molecule has 0 aliphatic carbocycles. The van der Waals surface area contributed by atoms with Gasteiger partial charge in [0.1, 0.15) is 0 Å². The number of likely N-dealkylation sites (N-methyl/N-ethyl adjacent to an activating group) is 1. The summed E-state index contributed by atoms with van der Waals surface area (Å²) in [6.07, 6.45) is 5.06. The summed E-state index contributed by atoms with van der Waals surface area (Å²) in [5.74, 6) is 0.782. The van der Waals surface area contributed by atoms with Crippen molar-refractivity contribution in [2.24, 2.45) is 0 Å². The Bertz CT molecular complexity index is 1190. The Balaban J connectivity index is 1.81. The first-order chi connectivity index (χ1) is 14.6. The molecule has 0 aliphatic heterocycles. The summed E-state index contributed by atoms with van der Waals surface area (Å²) < 4.78 is 7.08. The number of hydrogen-bond donors (Lipinski definition) is 0. The molecule has 0 saturated carbocycles. The fraction of sp³-hybridized carbons (Fsp3) is 0.190. The number of halogens is 1. The van der Waals surface area contributed by atoms with E-state index in [0.717, 1.165) is 43.5 Å². The molecule has 0 radical (unpaired) electrons. The summed E-state index contributed by atoms with van der Waals surface area (Å²) >= 11 is 5.01. The number of aromatic nitrogens is 5. The van der Waals surface area contributed by atoms with Crippen LogP contribution in [0.4, 0.5) is 5.82 Å². The third kappa shape index (κ3) is 4.36. The number of anilines is 1. The molecule has 0 spiro atoms. The summed E-state index contributed by atoms with van der Waals surface area (Å²) in [4.78, 5) is 24.7. The van der Waals surface area contributed by atoms with Crippen molar-refractivity contribution < 1.29 is 4.74 Å². The molecule has 3 heterocycles. The number of nitrogens with zero attached hydrogens (tertiary/aromatic N) is 6. The third-order valence-corrected chi connectivity index (χ3v) is 6.10.